The molecule has 0 aliphatic rings. The predicted octanol–water partition coefficient (Wildman–Crippen LogP) is -1.59. The van der Waals surface area contributed by atoms with Crippen LogP contribution in [-0.4, -0.2) is 148 Å². The number of amides is 8. The van der Waals surface area contributed by atoms with E-state index in [4.69, 9.17) is 17.2 Å². The number of hydrogen-bond acceptors (Lipinski definition) is 15. The van der Waals surface area contributed by atoms with Gasteiger partial charge in [-0.25, -0.2) is 4.79 Å². The summed E-state index contributed by atoms with van der Waals surface area (Å²) in [6.07, 6.45) is 0.785. The minimum atomic E-state index is -1.55. The van der Waals surface area contributed by atoms with Gasteiger partial charge in [0.05, 0.1) is 6.04 Å². The minimum absolute atomic E-state index is 0.00786. The molecule has 0 aliphatic carbocycles. The normalized spacial score (nSPS) is 14.9. The molecule has 8 amide bonds. The first-order chi connectivity index (χ1) is 33.8. The monoisotopic (exact) mass is 1040 g/mol. The van der Waals surface area contributed by atoms with Crippen molar-refractivity contribution in [2.75, 3.05) is 18.8 Å². The van der Waals surface area contributed by atoms with Gasteiger partial charge >= 0.3 is 11.9 Å². The number of carboxylic acid groups (broad SMARTS) is 2. The molecule has 0 fully saturated rings. The number of aromatic hydroxyl groups is 1. The summed E-state index contributed by atoms with van der Waals surface area (Å²) >= 11 is 4.19. The van der Waals surface area contributed by atoms with Gasteiger partial charge in [0.2, 0.25) is 47.3 Å². The summed E-state index contributed by atoms with van der Waals surface area (Å²) in [5.74, 6) is -9.63. The molecule has 0 heterocycles. The van der Waals surface area contributed by atoms with Crippen LogP contribution in [0.15, 0.2) is 24.3 Å². The Bertz CT molecular complexity index is 1960. The number of aliphatic carboxylic acids is 2. The number of benzene rings is 1. The fraction of sp³-hybridized carbons (Fsp3) is 0.660. The average molecular weight is 1040 g/mol. The van der Waals surface area contributed by atoms with Crippen molar-refractivity contribution >= 4 is 71.8 Å². The van der Waals surface area contributed by atoms with Crippen molar-refractivity contribution in [2.24, 2.45) is 29.0 Å². The zero-order valence-corrected chi connectivity index (χ0v) is 43.1. The lowest BCUT2D eigenvalue weighted by molar-refractivity contribution is -0.142. The van der Waals surface area contributed by atoms with E-state index in [0.717, 1.165) is 0 Å². The standard InChI is InChI=1S/C47H79N11O13S/c1-25(2)21-34(55-39(62)27(5)50)45(68)58-37(24-72)46(69)54-33(17-18-38(60)61)43(66)52-31(11-7-9-19-48)41(64)51-28(6)40(63)56-35(22-26(3)4)44(67)53-32(12-8-10-20-49)42(65)57-36(47(70)71)23-29-13-15-30(59)16-14-29/h13-16,25-28,31-37,59,72H,7-12,17-24,48-50H2,1-6H3,(H,51,64)(H,52,66)(H,53,67)(H,54,69)(H,55,62)(H,56,63)(H,57,65)(H,58,68)(H,60,61)(H,70,71)/t27-,28-,31-,32-,33-,34-,35-,36-,37-/m0/s1. The highest BCUT2D eigenvalue weighted by Crippen LogP contribution is 2.14. The van der Waals surface area contributed by atoms with Crippen molar-refractivity contribution in [1.29, 1.82) is 0 Å². The number of carboxylic acids is 2. The number of carbonyl (C=O) groups excluding carboxylic acids is 8. The molecule has 0 saturated carbocycles. The largest absolute Gasteiger partial charge is 0.508 e. The van der Waals surface area contributed by atoms with Crippen LogP contribution in [0.3, 0.4) is 0 Å². The van der Waals surface area contributed by atoms with Gasteiger partial charge in [-0.3, -0.25) is 43.2 Å². The van der Waals surface area contributed by atoms with Crippen molar-refractivity contribution in [1.82, 2.24) is 42.5 Å². The fourth-order valence-corrected chi connectivity index (χ4v) is 7.33. The van der Waals surface area contributed by atoms with Gasteiger partial charge in [0.25, 0.3) is 0 Å². The molecule has 1 aromatic carbocycles. The lowest BCUT2D eigenvalue weighted by atomic mass is 10.0. The highest BCUT2D eigenvalue weighted by Gasteiger charge is 2.34. The molecule has 406 valence electrons. The van der Waals surface area contributed by atoms with Crippen LogP contribution in [0.5, 0.6) is 5.75 Å². The van der Waals surface area contributed by atoms with Gasteiger partial charge in [0, 0.05) is 18.6 Å². The molecular weight excluding hydrogens is 959 g/mol. The maximum atomic E-state index is 13.9. The van der Waals surface area contributed by atoms with Crippen LogP contribution in [0.2, 0.25) is 0 Å². The van der Waals surface area contributed by atoms with Crippen LogP contribution in [0, 0.1) is 11.8 Å². The Morgan fingerprint density at radius 1 is 0.500 bits per heavy atom. The highest BCUT2D eigenvalue weighted by molar-refractivity contribution is 7.80. The molecule has 0 unspecified atom stereocenters. The van der Waals surface area contributed by atoms with Gasteiger partial charge < -0.3 is 75.1 Å². The zero-order chi connectivity index (χ0) is 54.7. The molecule has 25 heteroatoms. The van der Waals surface area contributed by atoms with E-state index >= 15 is 0 Å². The fourth-order valence-electron chi connectivity index (χ4n) is 7.07. The lowest BCUT2D eigenvalue weighted by Crippen LogP contribution is -2.60. The van der Waals surface area contributed by atoms with Gasteiger partial charge in [-0.2, -0.15) is 12.6 Å². The Balaban J connectivity index is 3.30. The Morgan fingerprint density at radius 3 is 1.28 bits per heavy atom. The maximum Gasteiger partial charge on any atom is 0.326 e. The third-order valence-electron chi connectivity index (χ3n) is 11.1. The van der Waals surface area contributed by atoms with Gasteiger partial charge in [0.15, 0.2) is 0 Å². The number of hydrogen-bond donors (Lipinski definition) is 15. The molecule has 1 rings (SSSR count). The minimum Gasteiger partial charge on any atom is -0.508 e. The number of thiol groups is 1. The molecule has 0 aromatic heterocycles. The number of phenols is 1. The molecule has 0 aliphatic heterocycles. The predicted molar refractivity (Wildman–Crippen MR) is 270 cm³/mol. The molecule has 0 bridgehead atoms. The van der Waals surface area contributed by atoms with Crippen molar-refractivity contribution in [3.63, 3.8) is 0 Å². The zero-order valence-electron chi connectivity index (χ0n) is 42.2. The van der Waals surface area contributed by atoms with Crippen molar-refractivity contribution < 1.29 is 63.3 Å². The van der Waals surface area contributed by atoms with Crippen LogP contribution in [0.4, 0.5) is 0 Å². The van der Waals surface area contributed by atoms with E-state index in [-0.39, 0.29) is 68.5 Å². The highest BCUT2D eigenvalue weighted by atomic mass is 32.1. The second-order valence-corrected chi connectivity index (χ2v) is 19.0. The average Bonchev–Trinajstić information content (AvgIpc) is 3.30. The summed E-state index contributed by atoms with van der Waals surface area (Å²) in [5.41, 5.74) is 17.5. The van der Waals surface area contributed by atoms with E-state index in [1.54, 1.807) is 13.8 Å². The van der Waals surface area contributed by atoms with E-state index in [1.807, 2.05) is 13.8 Å². The Kier molecular flexibility index (Phi) is 29.8. The van der Waals surface area contributed by atoms with Crippen LogP contribution in [-0.2, 0) is 54.4 Å². The second-order valence-electron chi connectivity index (χ2n) is 18.6. The molecule has 24 nitrogen and oxygen atoms in total. The summed E-state index contributed by atoms with van der Waals surface area (Å²) in [7, 11) is 0. The smallest absolute Gasteiger partial charge is 0.326 e. The second kappa shape index (κ2) is 33.6. The molecule has 72 heavy (non-hydrogen) atoms. The lowest BCUT2D eigenvalue weighted by Gasteiger charge is -2.27. The molecule has 0 spiro atoms. The van der Waals surface area contributed by atoms with Gasteiger partial charge in [-0.05, 0) is 114 Å². The molecule has 17 N–H and O–H groups in total. The van der Waals surface area contributed by atoms with E-state index in [2.05, 4.69) is 55.2 Å². The quantitative estimate of drug-likeness (QED) is 0.0269. The summed E-state index contributed by atoms with van der Waals surface area (Å²) in [4.78, 5) is 132. The number of phenolic OH excluding ortho intramolecular Hbond substituents is 1. The Hall–Kier alpha value is -6.05. The summed E-state index contributed by atoms with van der Waals surface area (Å²) in [6, 6.07) is -5.70. The van der Waals surface area contributed by atoms with Crippen LogP contribution < -0.4 is 59.7 Å². The van der Waals surface area contributed by atoms with Crippen LogP contribution in [0.25, 0.3) is 0 Å². The first-order valence-corrected chi connectivity index (χ1v) is 24.9. The van der Waals surface area contributed by atoms with Crippen LogP contribution in [0.1, 0.15) is 111 Å². The number of nitrogens with one attached hydrogen (secondary N) is 8. The van der Waals surface area contributed by atoms with Crippen molar-refractivity contribution in [3.05, 3.63) is 29.8 Å². The summed E-state index contributed by atoms with van der Waals surface area (Å²) in [5, 5.41) is 49.3. The summed E-state index contributed by atoms with van der Waals surface area (Å²) < 4.78 is 0. The number of nitrogens with two attached hydrogens (primary N) is 3. The Labute approximate surface area is 426 Å². The molecule has 1 aromatic rings. The van der Waals surface area contributed by atoms with E-state index in [9.17, 15) is 63.3 Å². The SMILES string of the molecule is CC(C)C[C@H](NC(=O)[C@H](C)N)C(=O)N[C@@H](CS)C(=O)N[C@@H](CCC(=O)O)C(=O)N[C@@H](CCCCN)C(=O)N[C@@H](C)C(=O)N[C@@H](CC(C)C)C(=O)N[C@@H](CCCCN)C(=O)N[C@@H](Cc1ccc(O)cc1)C(=O)O. The van der Waals surface area contributed by atoms with Crippen molar-refractivity contribution in [2.45, 2.75) is 167 Å². The molecule has 0 saturated heterocycles. The van der Waals surface area contributed by atoms with Gasteiger partial charge in [-0.15, -0.1) is 0 Å². The van der Waals surface area contributed by atoms with E-state index in [1.165, 1.54) is 38.1 Å². The topological polar surface area (TPSA) is 406 Å². The molecular formula is C47H79N11O13S. The van der Waals surface area contributed by atoms with E-state index < -0.39 is 126 Å². The maximum absolute atomic E-state index is 13.9. The number of rotatable bonds is 35. The van der Waals surface area contributed by atoms with Crippen LogP contribution >= 0.6 is 12.6 Å². The number of unbranched alkanes of at least 4 members (excludes halogenated alkanes) is 2. The third kappa shape index (κ3) is 24.9. The number of carbonyl (C=O) groups is 10. The molecule has 9 atom stereocenters. The van der Waals surface area contributed by atoms with Gasteiger partial charge in [0.1, 0.15) is 54.1 Å². The van der Waals surface area contributed by atoms with Crippen molar-refractivity contribution in [3.8, 4) is 5.75 Å². The Morgan fingerprint density at radius 2 is 0.875 bits per heavy atom. The third-order valence-corrected chi connectivity index (χ3v) is 11.5. The first kappa shape index (κ1) is 64.0. The van der Waals surface area contributed by atoms with E-state index in [0.29, 0.717) is 31.2 Å². The van der Waals surface area contributed by atoms with Gasteiger partial charge in [-0.1, -0.05) is 39.8 Å². The molecule has 0 radical (unpaired) electrons. The first-order valence-electron chi connectivity index (χ1n) is 24.3. The summed E-state index contributed by atoms with van der Waals surface area (Å²) in [6.45, 7) is 10.5.